The van der Waals surface area contributed by atoms with Crippen LogP contribution in [0.25, 0.3) is 0 Å². The van der Waals surface area contributed by atoms with Crippen molar-refractivity contribution in [2.24, 2.45) is 11.7 Å². The van der Waals surface area contributed by atoms with Crippen molar-refractivity contribution in [2.75, 3.05) is 12.1 Å². The number of carbonyl (C=O) groups is 1. The summed E-state index contributed by atoms with van der Waals surface area (Å²) < 4.78 is 5.90. The summed E-state index contributed by atoms with van der Waals surface area (Å²) in [4.78, 5) is 12.1. The molecule has 5 N–H and O–H groups in total. The van der Waals surface area contributed by atoms with Crippen LogP contribution in [0.2, 0.25) is 0 Å². The normalized spacial score (nSPS) is 10.1. The lowest BCUT2D eigenvalue weighted by molar-refractivity contribution is 0.216. The number of amides is 2. The summed E-state index contributed by atoms with van der Waals surface area (Å²) in [6.07, 6.45) is 6.27. The summed E-state index contributed by atoms with van der Waals surface area (Å²) in [6, 6.07) is 9.39. The Hall–Kier alpha value is -3.21. The van der Waals surface area contributed by atoms with Gasteiger partial charge in [-0.25, -0.2) is 21.5 Å². The second-order valence-corrected chi connectivity index (χ2v) is 5.65. The van der Waals surface area contributed by atoms with E-state index in [-0.39, 0.29) is 12.4 Å². The Balaban J connectivity index is 2.37. The number of hydrogen-bond acceptors (Lipinski definition) is 5. The van der Waals surface area contributed by atoms with Crippen molar-refractivity contribution in [3.8, 4) is 23.8 Å². The van der Waals surface area contributed by atoms with Gasteiger partial charge in [-0.05, 0) is 42.3 Å². The number of phenols is 1. The van der Waals surface area contributed by atoms with Crippen LogP contribution in [0.1, 0.15) is 23.6 Å². The summed E-state index contributed by atoms with van der Waals surface area (Å²) in [5, 5.41) is 11.4. The molecule has 0 aromatic heterocycles. The number of benzene rings is 2. The van der Waals surface area contributed by atoms with Gasteiger partial charge in [-0.3, -0.25) is 5.01 Å². The third-order valence-corrected chi connectivity index (χ3v) is 3.87. The van der Waals surface area contributed by atoms with Gasteiger partial charge in [0.25, 0.3) is 0 Å². The Morgan fingerprint density at radius 2 is 2.04 bits per heavy atom. The summed E-state index contributed by atoms with van der Waals surface area (Å²) in [6.45, 7) is 2.06. The van der Waals surface area contributed by atoms with E-state index in [1.54, 1.807) is 36.4 Å². The molecular formula is C19H22N4O3. The van der Waals surface area contributed by atoms with E-state index in [0.29, 0.717) is 29.0 Å². The molecule has 2 rings (SSSR count). The lowest BCUT2D eigenvalue weighted by Gasteiger charge is -2.24. The second-order valence-electron chi connectivity index (χ2n) is 5.65. The first kappa shape index (κ1) is 19.1. The molecule has 0 fully saturated rings. The van der Waals surface area contributed by atoms with E-state index in [9.17, 15) is 9.90 Å². The fraction of sp³-hybridized carbons (Fsp3) is 0.211. The monoisotopic (exact) mass is 354 g/mol. The molecule has 0 saturated carbocycles. The van der Waals surface area contributed by atoms with Crippen LogP contribution < -0.4 is 21.4 Å². The third-order valence-electron chi connectivity index (χ3n) is 3.87. The summed E-state index contributed by atoms with van der Waals surface area (Å²) in [5.41, 5.74) is 2.40. The highest BCUT2D eigenvalue weighted by Crippen LogP contribution is 2.28. The van der Waals surface area contributed by atoms with E-state index < -0.39 is 6.03 Å². The van der Waals surface area contributed by atoms with Gasteiger partial charge in [-0.2, -0.15) is 0 Å². The van der Waals surface area contributed by atoms with Gasteiger partial charge in [-0.1, -0.05) is 18.9 Å². The van der Waals surface area contributed by atoms with Crippen molar-refractivity contribution in [2.45, 2.75) is 20.0 Å². The van der Waals surface area contributed by atoms with Crippen molar-refractivity contribution >= 4 is 11.7 Å². The molecule has 0 saturated heterocycles. The molecule has 0 unspecified atom stereocenters. The number of anilines is 1. The fourth-order valence-corrected chi connectivity index (χ4v) is 2.49. The molecule has 0 spiro atoms. The van der Waals surface area contributed by atoms with Crippen molar-refractivity contribution in [3.63, 3.8) is 0 Å². The van der Waals surface area contributed by atoms with Crippen LogP contribution in [0.4, 0.5) is 10.5 Å². The van der Waals surface area contributed by atoms with Crippen LogP contribution in [0, 0.1) is 12.3 Å². The molecule has 7 nitrogen and oxygen atoms in total. The first-order chi connectivity index (χ1) is 12.4. The van der Waals surface area contributed by atoms with Crippen LogP contribution >= 0.6 is 0 Å². The molecule has 0 aliphatic rings. The number of rotatable bonds is 5. The predicted octanol–water partition coefficient (Wildman–Crippen LogP) is 2.12. The molecule has 2 aromatic carbocycles. The number of hydrogen-bond donors (Lipinski definition) is 3. The highest BCUT2D eigenvalue weighted by molar-refractivity contribution is 5.91. The van der Waals surface area contributed by atoms with Gasteiger partial charge in [0.15, 0.2) is 0 Å². The molecule has 0 aliphatic heterocycles. The minimum atomic E-state index is -0.598. The van der Waals surface area contributed by atoms with E-state index in [0.717, 1.165) is 15.6 Å². The van der Waals surface area contributed by atoms with Crippen molar-refractivity contribution in [1.82, 2.24) is 5.01 Å². The van der Waals surface area contributed by atoms with Crippen LogP contribution in [-0.2, 0) is 13.0 Å². The topological polar surface area (TPSA) is 105 Å². The fourth-order valence-electron chi connectivity index (χ4n) is 2.49. The van der Waals surface area contributed by atoms with Gasteiger partial charge >= 0.3 is 6.03 Å². The molecule has 0 aliphatic carbocycles. The second kappa shape index (κ2) is 8.25. The maximum absolute atomic E-state index is 12.1. The average molecular weight is 354 g/mol. The van der Waals surface area contributed by atoms with E-state index in [4.69, 9.17) is 22.8 Å². The summed E-state index contributed by atoms with van der Waals surface area (Å²) in [5.74, 6) is 14.8. The molecule has 0 heterocycles. The number of urea groups is 1. The van der Waals surface area contributed by atoms with Gasteiger partial charge in [0.2, 0.25) is 0 Å². The summed E-state index contributed by atoms with van der Waals surface area (Å²) in [7, 11) is 1.40. The number of hydrazine groups is 2. The minimum absolute atomic E-state index is 0.0999. The molecule has 2 aromatic rings. The number of carbonyl (C=O) groups excluding carboxylic acids is 1. The van der Waals surface area contributed by atoms with Gasteiger partial charge in [0, 0.05) is 18.2 Å². The zero-order chi connectivity index (χ0) is 19.3. The van der Waals surface area contributed by atoms with E-state index in [1.165, 1.54) is 7.05 Å². The lowest BCUT2D eigenvalue weighted by atomic mass is 10.1. The number of ether oxygens (including phenoxy) is 1. The maximum Gasteiger partial charge on any atom is 0.352 e. The maximum atomic E-state index is 12.1. The number of terminal acetylenes is 1. The zero-order valence-corrected chi connectivity index (χ0v) is 14.8. The quantitative estimate of drug-likeness (QED) is 0.330. The Bertz CT molecular complexity index is 843. The first-order valence-electron chi connectivity index (χ1n) is 7.99. The number of nitrogens with zero attached hydrogens (tertiary/aromatic N) is 2. The molecule has 7 heteroatoms. The molecule has 0 bridgehead atoms. The third kappa shape index (κ3) is 4.06. The smallest absolute Gasteiger partial charge is 0.352 e. The number of aromatic hydroxyl groups is 1. The standard InChI is InChI=1S/C19H22N4O3/c1-4-13-7-6-8-17(23(21)19(25)22(3)20)16(13)12-26-18-10-9-15(24)11-14(18)5-2/h1,6-11,24H,5,12,20-21H2,2-3H3. The molecule has 136 valence electrons. The van der Waals surface area contributed by atoms with Crippen LogP contribution in [0.15, 0.2) is 36.4 Å². The Labute approximate surface area is 152 Å². The predicted molar refractivity (Wildman–Crippen MR) is 100 cm³/mol. The van der Waals surface area contributed by atoms with Crippen LogP contribution in [-0.4, -0.2) is 23.2 Å². The van der Waals surface area contributed by atoms with Gasteiger partial charge in [0.1, 0.15) is 18.1 Å². The minimum Gasteiger partial charge on any atom is -0.508 e. The molecule has 2 amide bonds. The average Bonchev–Trinajstić information content (AvgIpc) is 2.65. The Morgan fingerprint density at radius 1 is 1.31 bits per heavy atom. The van der Waals surface area contributed by atoms with E-state index in [1.807, 2.05) is 6.92 Å². The molecule has 26 heavy (non-hydrogen) atoms. The highest BCUT2D eigenvalue weighted by Gasteiger charge is 2.20. The molecule has 0 atom stereocenters. The summed E-state index contributed by atoms with van der Waals surface area (Å²) >= 11 is 0. The first-order valence-corrected chi connectivity index (χ1v) is 7.99. The Morgan fingerprint density at radius 3 is 2.65 bits per heavy atom. The van der Waals surface area contributed by atoms with Gasteiger partial charge in [0.05, 0.1) is 5.69 Å². The SMILES string of the molecule is C#Cc1cccc(N(N)C(=O)N(C)N)c1COc1ccc(O)cc1CC. The molecular weight excluding hydrogens is 332 g/mol. The largest absolute Gasteiger partial charge is 0.508 e. The number of aryl methyl sites for hydroxylation is 1. The molecule has 0 radical (unpaired) electrons. The van der Waals surface area contributed by atoms with E-state index >= 15 is 0 Å². The lowest BCUT2D eigenvalue weighted by Crippen LogP contribution is -2.49. The zero-order valence-electron chi connectivity index (χ0n) is 14.8. The van der Waals surface area contributed by atoms with Gasteiger partial charge in [-0.15, -0.1) is 6.42 Å². The highest BCUT2D eigenvalue weighted by atomic mass is 16.5. The number of nitrogens with two attached hydrogens (primary N) is 2. The van der Waals surface area contributed by atoms with Crippen molar-refractivity contribution < 1.29 is 14.6 Å². The van der Waals surface area contributed by atoms with Crippen LogP contribution in [0.5, 0.6) is 11.5 Å². The van der Waals surface area contributed by atoms with Crippen molar-refractivity contribution in [3.05, 3.63) is 53.1 Å². The van der Waals surface area contributed by atoms with Crippen molar-refractivity contribution in [1.29, 1.82) is 0 Å². The number of phenolic OH excluding ortho intramolecular Hbond substituents is 1. The van der Waals surface area contributed by atoms with Gasteiger partial charge < -0.3 is 9.84 Å². The Kier molecular flexibility index (Phi) is 6.07. The van der Waals surface area contributed by atoms with E-state index in [2.05, 4.69) is 5.92 Å². The van der Waals surface area contributed by atoms with Crippen LogP contribution in [0.3, 0.4) is 0 Å².